The summed E-state index contributed by atoms with van der Waals surface area (Å²) in [5.74, 6) is 0. The van der Waals surface area contributed by atoms with E-state index in [0.717, 1.165) is 28.4 Å². The third kappa shape index (κ3) is 7.26. The lowest BCUT2D eigenvalue weighted by Crippen LogP contribution is -2.38. The van der Waals surface area contributed by atoms with E-state index in [1.165, 1.54) is 89.5 Å². The van der Waals surface area contributed by atoms with Crippen LogP contribution in [0.5, 0.6) is 0 Å². The molecule has 0 spiro atoms. The number of nitrogens with zero attached hydrogens (tertiary/aromatic N) is 3. The zero-order chi connectivity index (χ0) is 45.7. The first-order valence-electron chi connectivity index (χ1n) is 23.2. The average molecular weight is 856 g/mol. The molecule has 0 aromatic heterocycles. The molecule has 0 atom stereocenters. The molecule has 10 rings (SSSR count). The van der Waals surface area contributed by atoms with Crippen LogP contribution in [-0.4, -0.2) is 0 Å². The highest BCUT2D eigenvalue weighted by Gasteiger charge is 2.47. The third-order valence-electron chi connectivity index (χ3n) is 13.6. The lowest BCUT2D eigenvalue weighted by Gasteiger charge is -2.47. The second kappa shape index (κ2) is 17.1. The Hall–Kier alpha value is -7.62. The molecule has 0 N–H and O–H groups in total. The van der Waals surface area contributed by atoms with Crippen LogP contribution >= 0.6 is 0 Å². The first-order chi connectivity index (χ1) is 32.0. The van der Waals surface area contributed by atoms with E-state index in [1.54, 1.807) is 0 Å². The second-order valence-corrected chi connectivity index (χ2v) is 18.4. The number of aryl methyl sites for hydroxylation is 8. The summed E-state index contributed by atoms with van der Waals surface area (Å²) in [5, 5.41) is 0. The van der Waals surface area contributed by atoms with Crippen molar-refractivity contribution in [1.29, 1.82) is 0 Å². The van der Waals surface area contributed by atoms with Gasteiger partial charge < -0.3 is 14.7 Å². The number of fused-ring (bicyclic) bond motifs is 2. The van der Waals surface area contributed by atoms with Crippen LogP contribution in [0.1, 0.15) is 66.8 Å². The summed E-state index contributed by atoms with van der Waals surface area (Å²) >= 11 is 0. The molecule has 0 unspecified atom stereocenters. The maximum Gasteiger partial charge on any atom is 0.0743 e. The molecule has 0 aliphatic carbocycles. The van der Waals surface area contributed by atoms with Crippen molar-refractivity contribution < 1.29 is 0 Å². The van der Waals surface area contributed by atoms with Crippen LogP contribution in [0, 0.1) is 55.4 Å². The first kappa shape index (κ1) is 42.3. The number of anilines is 9. The predicted octanol–water partition coefficient (Wildman–Crippen LogP) is 17.3. The monoisotopic (exact) mass is 855 g/mol. The largest absolute Gasteiger partial charge is 0.310 e. The third-order valence-corrected chi connectivity index (χ3v) is 13.6. The van der Waals surface area contributed by atoms with E-state index >= 15 is 0 Å². The van der Waals surface area contributed by atoms with Gasteiger partial charge in [0, 0.05) is 39.8 Å². The van der Waals surface area contributed by atoms with Crippen molar-refractivity contribution in [2.45, 2.75) is 60.8 Å². The minimum absolute atomic E-state index is 0.756. The number of para-hydroxylation sites is 3. The lowest BCUT2D eigenvalue weighted by atomic mass is 9.62. The SMILES string of the molecule is Cc1ccc(C)c(N(c2cccc(C3(c4cccc(N(c5cc(C)ccc5C)c5cc(C)ccc5C)c4)c4ccccc4N(c4ccccc4)c4ccccc43)c2)c2cc(C)ccc2C)c1. The van der Waals surface area contributed by atoms with Crippen LogP contribution in [-0.2, 0) is 5.41 Å². The molecule has 0 saturated carbocycles. The molecule has 3 nitrogen and oxygen atoms in total. The van der Waals surface area contributed by atoms with Crippen LogP contribution in [0.25, 0.3) is 0 Å². The van der Waals surface area contributed by atoms with Gasteiger partial charge in [-0.15, -0.1) is 0 Å². The lowest BCUT2D eigenvalue weighted by molar-refractivity contribution is 0.731. The standard InChI is InChI=1S/C63H57N3/c1-42-28-32-46(5)59(36-42)65(60-37-43(2)29-33-47(60)6)53-22-16-18-50(40-53)63(55-24-12-14-26-57(55)64(52-20-10-9-11-21-52)58-27-15-13-25-56(58)63)51-19-17-23-54(41-51)66(61-38-44(3)30-34-48(61)7)62-39-45(4)31-35-49(62)8/h9-41H,1-8H3. The Balaban J connectivity index is 1.31. The van der Waals surface area contributed by atoms with Gasteiger partial charge in [-0.3, -0.25) is 0 Å². The van der Waals surface area contributed by atoms with Crippen LogP contribution in [0.4, 0.5) is 51.2 Å². The summed E-state index contributed by atoms with van der Waals surface area (Å²) in [4.78, 5) is 7.42. The Morgan fingerprint density at radius 3 is 1.05 bits per heavy atom. The molecule has 3 heteroatoms. The van der Waals surface area contributed by atoms with Gasteiger partial charge in [-0.1, -0.05) is 127 Å². The highest BCUT2D eigenvalue weighted by molar-refractivity contribution is 5.91. The van der Waals surface area contributed by atoms with Crippen molar-refractivity contribution in [1.82, 2.24) is 0 Å². The van der Waals surface area contributed by atoms with Gasteiger partial charge in [0.15, 0.2) is 0 Å². The summed E-state index contributed by atoms with van der Waals surface area (Å²) in [5.41, 5.74) is 24.2. The molecule has 0 bridgehead atoms. The van der Waals surface area contributed by atoms with Crippen LogP contribution in [0.2, 0.25) is 0 Å². The summed E-state index contributed by atoms with van der Waals surface area (Å²) in [6.07, 6.45) is 0. The van der Waals surface area contributed by atoms with Crippen molar-refractivity contribution >= 4 is 51.2 Å². The summed E-state index contributed by atoms with van der Waals surface area (Å²) in [6, 6.07) is 74.9. The topological polar surface area (TPSA) is 9.72 Å². The maximum atomic E-state index is 2.48. The fourth-order valence-electron chi connectivity index (χ4n) is 10.3. The average Bonchev–Trinajstić information content (AvgIpc) is 3.33. The fourth-order valence-corrected chi connectivity index (χ4v) is 10.3. The molecule has 9 aromatic carbocycles. The van der Waals surface area contributed by atoms with E-state index < -0.39 is 5.41 Å². The molecule has 1 aliphatic rings. The highest BCUT2D eigenvalue weighted by atomic mass is 15.2. The van der Waals surface area contributed by atoms with Gasteiger partial charge in [0.2, 0.25) is 0 Å². The summed E-state index contributed by atoms with van der Waals surface area (Å²) < 4.78 is 0. The predicted molar refractivity (Wildman–Crippen MR) is 280 cm³/mol. The molecule has 0 radical (unpaired) electrons. The van der Waals surface area contributed by atoms with E-state index in [9.17, 15) is 0 Å². The number of rotatable bonds is 9. The number of hydrogen-bond acceptors (Lipinski definition) is 3. The normalized spacial score (nSPS) is 12.6. The van der Waals surface area contributed by atoms with Crippen LogP contribution < -0.4 is 14.7 Å². The molecule has 324 valence electrons. The Bertz CT molecular complexity index is 2970. The molecule has 0 saturated heterocycles. The minimum atomic E-state index is -0.756. The molecular formula is C63H57N3. The Morgan fingerprint density at radius 1 is 0.318 bits per heavy atom. The molecule has 0 amide bonds. The molecule has 9 aromatic rings. The van der Waals surface area contributed by atoms with Gasteiger partial charge in [-0.05, 0) is 195 Å². The zero-order valence-corrected chi connectivity index (χ0v) is 39.4. The summed E-state index contributed by atoms with van der Waals surface area (Å²) in [7, 11) is 0. The van der Waals surface area contributed by atoms with E-state index in [2.05, 4.69) is 270 Å². The maximum absolute atomic E-state index is 2.48. The van der Waals surface area contributed by atoms with E-state index in [0.29, 0.717) is 0 Å². The van der Waals surface area contributed by atoms with E-state index in [-0.39, 0.29) is 0 Å². The van der Waals surface area contributed by atoms with Crippen LogP contribution in [0.3, 0.4) is 0 Å². The van der Waals surface area contributed by atoms with Crippen molar-refractivity contribution in [3.05, 3.63) is 267 Å². The van der Waals surface area contributed by atoms with E-state index in [1.807, 2.05) is 0 Å². The Kier molecular flexibility index (Phi) is 10.9. The van der Waals surface area contributed by atoms with Gasteiger partial charge in [-0.2, -0.15) is 0 Å². The number of hydrogen-bond donors (Lipinski definition) is 0. The quantitative estimate of drug-likeness (QED) is 0.143. The van der Waals surface area contributed by atoms with Gasteiger partial charge in [0.05, 0.1) is 16.8 Å². The zero-order valence-electron chi connectivity index (χ0n) is 39.4. The van der Waals surface area contributed by atoms with Crippen LogP contribution in [0.15, 0.2) is 200 Å². The van der Waals surface area contributed by atoms with Crippen molar-refractivity contribution in [2.24, 2.45) is 0 Å². The Morgan fingerprint density at radius 2 is 0.667 bits per heavy atom. The van der Waals surface area contributed by atoms with Gasteiger partial charge in [-0.25, -0.2) is 0 Å². The summed E-state index contributed by atoms with van der Waals surface area (Å²) in [6.45, 7) is 17.7. The fraction of sp³-hybridized carbons (Fsp3) is 0.143. The van der Waals surface area contributed by atoms with Gasteiger partial charge >= 0.3 is 0 Å². The molecule has 1 aliphatic heterocycles. The van der Waals surface area contributed by atoms with Crippen molar-refractivity contribution in [2.75, 3.05) is 14.7 Å². The smallest absolute Gasteiger partial charge is 0.0743 e. The second-order valence-electron chi connectivity index (χ2n) is 18.4. The molecular weight excluding hydrogens is 799 g/mol. The van der Waals surface area contributed by atoms with E-state index in [4.69, 9.17) is 0 Å². The van der Waals surface area contributed by atoms with Crippen molar-refractivity contribution in [3.8, 4) is 0 Å². The van der Waals surface area contributed by atoms with Gasteiger partial charge in [0.1, 0.15) is 0 Å². The highest BCUT2D eigenvalue weighted by Crippen LogP contribution is 2.59. The molecule has 0 fully saturated rings. The number of benzene rings is 9. The Labute approximate surface area is 391 Å². The van der Waals surface area contributed by atoms with Gasteiger partial charge in [0.25, 0.3) is 0 Å². The first-order valence-corrected chi connectivity index (χ1v) is 23.2. The minimum Gasteiger partial charge on any atom is -0.310 e. The molecule has 66 heavy (non-hydrogen) atoms. The molecule has 1 heterocycles. The van der Waals surface area contributed by atoms with Crippen molar-refractivity contribution in [3.63, 3.8) is 0 Å².